The van der Waals surface area contributed by atoms with Gasteiger partial charge in [-0.05, 0) is 18.1 Å². The van der Waals surface area contributed by atoms with Crippen molar-refractivity contribution >= 4 is 5.78 Å². The molecule has 3 heteroatoms. The molecule has 0 bridgehead atoms. The number of rotatable bonds is 5. The fraction of sp³-hybridized carbons (Fsp3) is 0.286. The molecule has 1 heterocycles. The first kappa shape index (κ1) is 11.6. The predicted octanol–water partition coefficient (Wildman–Crippen LogP) is 2.16. The van der Waals surface area contributed by atoms with Crippen LogP contribution in [0, 0.1) is 0 Å². The van der Waals surface area contributed by atoms with Crippen molar-refractivity contribution in [2.45, 2.75) is 19.3 Å². The SMILES string of the molecule is Cn1nccc1CCC(=O)Cc1ccccc1. The number of Topliss-reactive ketones (excluding diaryl/α,β-unsaturated/α-hetero) is 1. The normalized spacial score (nSPS) is 10.4. The highest BCUT2D eigenvalue weighted by atomic mass is 16.1. The van der Waals surface area contributed by atoms with Crippen LogP contribution >= 0.6 is 0 Å². The average molecular weight is 228 g/mol. The maximum absolute atomic E-state index is 11.8. The van der Waals surface area contributed by atoms with Gasteiger partial charge in [0.25, 0.3) is 0 Å². The molecule has 0 radical (unpaired) electrons. The Morgan fingerprint density at radius 3 is 2.65 bits per heavy atom. The second-order valence-corrected chi connectivity index (χ2v) is 4.15. The summed E-state index contributed by atoms with van der Waals surface area (Å²) in [6, 6.07) is 11.8. The van der Waals surface area contributed by atoms with Crippen LogP contribution in [-0.4, -0.2) is 15.6 Å². The van der Waals surface area contributed by atoms with Gasteiger partial charge in [0.15, 0.2) is 0 Å². The van der Waals surface area contributed by atoms with Crippen molar-refractivity contribution in [2.75, 3.05) is 0 Å². The number of ketones is 1. The highest BCUT2D eigenvalue weighted by molar-refractivity contribution is 5.81. The van der Waals surface area contributed by atoms with Crippen molar-refractivity contribution in [2.24, 2.45) is 7.05 Å². The lowest BCUT2D eigenvalue weighted by molar-refractivity contribution is -0.118. The molecule has 0 atom stereocenters. The van der Waals surface area contributed by atoms with Gasteiger partial charge in [-0.1, -0.05) is 30.3 Å². The van der Waals surface area contributed by atoms with E-state index in [4.69, 9.17) is 0 Å². The van der Waals surface area contributed by atoms with E-state index in [0.29, 0.717) is 12.8 Å². The molecule has 2 aromatic rings. The minimum Gasteiger partial charge on any atom is -0.299 e. The van der Waals surface area contributed by atoms with Crippen molar-refractivity contribution in [3.63, 3.8) is 0 Å². The summed E-state index contributed by atoms with van der Waals surface area (Å²) in [5.74, 6) is 0.275. The molecule has 88 valence electrons. The fourth-order valence-electron chi connectivity index (χ4n) is 1.83. The van der Waals surface area contributed by atoms with Gasteiger partial charge < -0.3 is 0 Å². The molecule has 17 heavy (non-hydrogen) atoms. The van der Waals surface area contributed by atoms with E-state index in [0.717, 1.165) is 17.7 Å². The number of aryl methyl sites for hydroxylation is 2. The second kappa shape index (κ2) is 5.43. The van der Waals surface area contributed by atoms with Crippen LogP contribution < -0.4 is 0 Å². The lowest BCUT2D eigenvalue weighted by Crippen LogP contribution is -2.06. The molecule has 0 aliphatic heterocycles. The minimum atomic E-state index is 0.275. The van der Waals surface area contributed by atoms with E-state index in [-0.39, 0.29) is 5.78 Å². The van der Waals surface area contributed by atoms with Crippen LogP contribution in [0.5, 0.6) is 0 Å². The Morgan fingerprint density at radius 1 is 1.24 bits per heavy atom. The van der Waals surface area contributed by atoms with Gasteiger partial charge in [-0.2, -0.15) is 5.10 Å². The van der Waals surface area contributed by atoms with Crippen LogP contribution in [0.15, 0.2) is 42.6 Å². The van der Waals surface area contributed by atoms with Gasteiger partial charge in [0.1, 0.15) is 5.78 Å². The number of hydrogen-bond donors (Lipinski definition) is 0. The number of carbonyl (C=O) groups excluding carboxylic acids is 1. The Labute approximate surface area is 101 Å². The highest BCUT2D eigenvalue weighted by Gasteiger charge is 2.05. The number of nitrogens with zero attached hydrogens (tertiary/aromatic N) is 2. The fourth-order valence-corrected chi connectivity index (χ4v) is 1.83. The molecule has 1 aromatic carbocycles. The zero-order valence-electron chi connectivity index (χ0n) is 9.97. The summed E-state index contributed by atoms with van der Waals surface area (Å²) in [6.45, 7) is 0. The monoisotopic (exact) mass is 228 g/mol. The minimum absolute atomic E-state index is 0.275. The first-order chi connectivity index (χ1) is 8.25. The lowest BCUT2D eigenvalue weighted by Gasteiger charge is -2.02. The van der Waals surface area contributed by atoms with Crippen LogP contribution in [0.25, 0.3) is 0 Å². The first-order valence-corrected chi connectivity index (χ1v) is 5.78. The quantitative estimate of drug-likeness (QED) is 0.786. The van der Waals surface area contributed by atoms with Gasteiger partial charge >= 0.3 is 0 Å². The number of benzene rings is 1. The summed E-state index contributed by atoms with van der Waals surface area (Å²) >= 11 is 0. The van der Waals surface area contributed by atoms with Gasteiger partial charge in [0, 0.05) is 31.8 Å². The van der Waals surface area contributed by atoms with Crippen molar-refractivity contribution in [3.8, 4) is 0 Å². The Bertz CT molecular complexity index is 488. The molecule has 0 amide bonds. The van der Waals surface area contributed by atoms with Crippen LogP contribution in [0.3, 0.4) is 0 Å². The maximum atomic E-state index is 11.8. The van der Waals surface area contributed by atoms with Gasteiger partial charge in [0.05, 0.1) is 0 Å². The maximum Gasteiger partial charge on any atom is 0.137 e. The summed E-state index contributed by atoms with van der Waals surface area (Å²) in [6.07, 6.45) is 3.63. The lowest BCUT2D eigenvalue weighted by atomic mass is 10.1. The molecule has 0 aliphatic carbocycles. The van der Waals surface area contributed by atoms with E-state index in [1.165, 1.54) is 0 Å². The van der Waals surface area contributed by atoms with Crippen LogP contribution in [0.2, 0.25) is 0 Å². The molecule has 2 rings (SSSR count). The van der Waals surface area contributed by atoms with Gasteiger partial charge in [-0.3, -0.25) is 9.48 Å². The van der Waals surface area contributed by atoms with E-state index in [1.54, 1.807) is 6.20 Å². The van der Waals surface area contributed by atoms with Gasteiger partial charge in [0.2, 0.25) is 0 Å². The Balaban J connectivity index is 1.84. The zero-order valence-corrected chi connectivity index (χ0v) is 9.97. The molecule has 0 spiro atoms. The molecule has 1 aromatic heterocycles. The molecule has 0 saturated carbocycles. The third-order valence-corrected chi connectivity index (χ3v) is 2.83. The standard InChI is InChI=1S/C14H16N2O/c1-16-13(9-10-15-16)7-8-14(17)11-12-5-3-2-4-6-12/h2-6,9-10H,7-8,11H2,1H3. The number of carbonyl (C=O) groups is 1. The summed E-state index contributed by atoms with van der Waals surface area (Å²) < 4.78 is 1.82. The van der Waals surface area contributed by atoms with E-state index in [1.807, 2.05) is 48.1 Å². The molecule has 0 unspecified atom stereocenters. The number of hydrogen-bond acceptors (Lipinski definition) is 2. The van der Waals surface area contributed by atoms with E-state index in [9.17, 15) is 4.79 Å². The van der Waals surface area contributed by atoms with E-state index < -0.39 is 0 Å². The van der Waals surface area contributed by atoms with Crippen LogP contribution in [0.4, 0.5) is 0 Å². The Kier molecular flexibility index (Phi) is 3.70. The summed E-state index contributed by atoms with van der Waals surface area (Å²) in [5.41, 5.74) is 2.19. The number of aromatic nitrogens is 2. The first-order valence-electron chi connectivity index (χ1n) is 5.78. The summed E-state index contributed by atoms with van der Waals surface area (Å²) in [5, 5.41) is 4.08. The largest absolute Gasteiger partial charge is 0.299 e. The van der Waals surface area contributed by atoms with Gasteiger partial charge in [-0.25, -0.2) is 0 Å². The topological polar surface area (TPSA) is 34.9 Å². The summed E-state index contributed by atoms with van der Waals surface area (Å²) in [4.78, 5) is 11.8. The van der Waals surface area contributed by atoms with Crippen molar-refractivity contribution in [1.29, 1.82) is 0 Å². The van der Waals surface area contributed by atoms with Gasteiger partial charge in [-0.15, -0.1) is 0 Å². The Hall–Kier alpha value is -1.90. The van der Waals surface area contributed by atoms with Crippen molar-refractivity contribution in [1.82, 2.24) is 9.78 Å². The third kappa shape index (κ3) is 3.28. The third-order valence-electron chi connectivity index (χ3n) is 2.83. The van der Waals surface area contributed by atoms with Crippen molar-refractivity contribution < 1.29 is 4.79 Å². The zero-order chi connectivity index (χ0) is 12.1. The molecule has 0 saturated heterocycles. The second-order valence-electron chi connectivity index (χ2n) is 4.15. The predicted molar refractivity (Wildman–Crippen MR) is 66.7 cm³/mol. The summed E-state index contributed by atoms with van der Waals surface area (Å²) in [7, 11) is 1.90. The molecule has 0 aliphatic rings. The van der Waals surface area contributed by atoms with Crippen LogP contribution in [0.1, 0.15) is 17.7 Å². The Morgan fingerprint density at radius 2 is 2.00 bits per heavy atom. The van der Waals surface area contributed by atoms with E-state index in [2.05, 4.69) is 5.10 Å². The van der Waals surface area contributed by atoms with Crippen LogP contribution in [-0.2, 0) is 24.7 Å². The molecule has 3 nitrogen and oxygen atoms in total. The molecular formula is C14H16N2O. The molecule has 0 fully saturated rings. The van der Waals surface area contributed by atoms with E-state index >= 15 is 0 Å². The average Bonchev–Trinajstić information content (AvgIpc) is 2.74. The molecule has 0 N–H and O–H groups in total. The van der Waals surface area contributed by atoms with Crippen molar-refractivity contribution in [3.05, 3.63) is 53.9 Å². The highest BCUT2D eigenvalue weighted by Crippen LogP contribution is 2.05. The smallest absolute Gasteiger partial charge is 0.137 e. The molecular weight excluding hydrogens is 212 g/mol.